The average Bonchev–Trinajstić information content (AvgIpc) is 3.30. The van der Waals surface area contributed by atoms with Gasteiger partial charge in [-0.2, -0.15) is 0 Å². The van der Waals surface area contributed by atoms with Gasteiger partial charge in [-0.05, 0) is 102 Å². The van der Waals surface area contributed by atoms with Gasteiger partial charge in [-0.1, -0.05) is 206 Å². The van der Waals surface area contributed by atoms with E-state index >= 15 is 0 Å². The molecule has 0 bridgehead atoms. The minimum atomic E-state index is 1.10. The Morgan fingerprint density at radius 2 is 0.579 bits per heavy atom. The van der Waals surface area contributed by atoms with Crippen molar-refractivity contribution in [3.8, 4) is 55.6 Å². The second kappa shape index (κ2) is 15.0. The number of fused-ring (bicyclic) bond motifs is 3. The van der Waals surface area contributed by atoms with Crippen molar-refractivity contribution in [3.63, 3.8) is 0 Å². The maximum Gasteiger partial charge on any atom is 0.0546 e. The zero-order valence-electron chi connectivity index (χ0n) is 31.5. The highest BCUT2D eigenvalue weighted by molar-refractivity contribution is 6.14. The van der Waals surface area contributed by atoms with Gasteiger partial charge in [0.2, 0.25) is 0 Å². The topological polar surface area (TPSA) is 3.24 Å². The summed E-state index contributed by atoms with van der Waals surface area (Å²) in [6, 6.07) is 85.6. The highest BCUT2D eigenvalue weighted by Gasteiger charge is 2.19. The van der Waals surface area contributed by atoms with Crippen molar-refractivity contribution in [1.82, 2.24) is 0 Å². The molecule has 0 aromatic heterocycles. The van der Waals surface area contributed by atoms with Crippen LogP contribution >= 0.6 is 0 Å². The van der Waals surface area contributed by atoms with Crippen LogP contribution < -0.4 is 4.90 Å². The SMILES string of the molecule is c1ccc(-c2ccc(N(c3ccc(-c4ccccc4-c4ccccc4-c4ccccc4-c4ccccc4)cc3)c3cc4ccccc4c4ccccc34)cc2)cc1. The monoisotopic (exact) mass is 725 g/mol. The molecule has 1 heteroatoms. The van der Waals surface area contributed by atoms with E-state index in [1.807, 2.05) is 0 Å². The Bertz CT molecular complexity index is 2980. The fourth-order valence-corrected chi connectivity index (χ4v) is 8.38. The van der Waals surface area contributed by atoms with Crippen molar-refractivity contribution in [1.29, 1.82) is 0 Å². The van der Waals surface area contributed by atoms with E-state index in [4.69, 9.17) is 0 Å². The van der Waals surface area contributed by atoms with Gasteiger partial charge in [-0.25, -0.2) is 0 Å². The first-order valence-electron chi connectivity index (χ1n) is 19.6. The summed E-state index contributed by atoms with van der Waals surface area (Å²) in [5, 5.41) is 4.93. The molecule has 0 aliphatic heterocycles. The third-order valence-electron chi connectivity index (χ3n) is 11.1. The molecular formula is C56H39N. The van der Waals surface area contributed by atoms with Gasteiger partial charge in [0.05, 0.1) is 5.69 Å². The summed E-state index contributed by atoms with van der Waals surface area (Å²) in [7, 11) is 0. The molecule has 0 fully saturated rings. The third kappa shape index (κ3) is 6.46. The summed E-state index contributed by atoms with van der Waals surface area (Å²) in [4.78, 5) is 2.41. The van der Waals surface area contributed by atoms with Crippen LogP contribution in [-0.2, 0) is 0 Å². The molecular weight excluding hydrogens is 687 g/mol. The van der Waals surface area contributed by atoms with Crippen LogP contribution in [0, 0.1) is 0 Å². The van der Waals surface area contributed by atoms with Crippen molar-refractivity contribution in [3.05, 3.63) is 237 Å². The molecule has 268 valence electrons. The molecule has 0 amide bonds. The van der Waals surface area contributed by atoms with Crippen LogP contribution in [0.4, 0.5) is 17.1 Å². The molecule has 0 saturated carbocycles. The molecule has 10 aromatic rings. The Labute approximate surface area is 334 Å². The van der Waals surface area contributed by atoms with Crippen LogP contribution in [0.25, 0.3) is 77.2 Å². The van der Waals surface area contributed by atoms with Gasteiger partial charge in [-0.3, -0.25) is 0 Å². The van der Waals surface area contributed by atoms with Crippen LogP contribution in [0.3, 0.4) is 0 Å². The third-order valence-corrected chi connectivity index (χ3v) is 11.1. The maximum atomic E-state index is 2.41. The highest BCUT2D eigenvalue weighted by atomic mass is 15.1. The first-order valence-corrected chi connectivity index (χ1v) is 19.6. The zero-order chi connectivity index (χ0) is 38.0. The Morgan fingerprint density at radius 3 is 1.12 bits per heavy atom. The lowest BCUT2D eigenvalue weighted by atomic mass is 9.87. The Morgan fingerprint density at radius 1 is 0.228 bits per heavy atom. The smallest absolute Gasteiger partial charge is 0.0546 e. The van der Waals surface area contributed by atoms with Crippen molar-refractivity contribution in [2.24, 2.45) is 0 Å². The van der Waals surface area contributed by atoms with E-state index in [1.54, 1.807) is 0 Å². The van der Waals surface area contributed by atoms with Crippen LogP contribution in [0.15, 0.2) is 237 Å². The van der Waals surface area contributed by atoms with E-state index in [0.717, 1.165) is 17.1 Å². The number of hydrogen-bond acceptors (Lipinski definition) is 1. The van der Waals surface area contributed by atoms with Gasteiger partial charge in [-0.15, -0.1) is 0 Å². The number of anilines is 3. The molecule has 0 spiro atoms. The molecule has 0 aliphatic rings. The molecule has 0 unspecified atom stereocenters. The molecule has 0 heterocycles. The van der Waals surface area contributed by atoms with Gasteiger partial charge in [0.15, 0.2) is 0 Å². The van der Waals surface area contributed by atoms with E-state index < -0.39 is 0 Å². The molecule has 57 heavy (non-hydrogen) atoms. The second-order valence-corrected chi connectivity index (χ2v) is 14.5. The Balaban J connectivity index is 1.10. The summed E-state index contributed by atoms with van der Waals surface area (Å²) >= 11 is 0. The summed E-state index contributed by atoms with van der Waals surface area (Å²) in [5.41, 5.74) is 15.4. The van der Waals surface area contributed by atoms with E-state index in [0.29, 0.717) is 0 Å². The average molecular weight is 726 g/mol. The minimum absolute atomic E-state index is 1.10. The van der Waals surface area contributed by atoms with Gasteiger partial charge in [0.25, 0.3) is 0 Å². The molecule has 0 aliphatic carbocycles. The predicted molar refractivity (Wildman–Crippen MR) is 243 cm³/mol. The Kier molecular flexibility index (Phi) is 8.95. The van der Waals surface area contributed by atoms with E-state index in [-0.39, 0.29) is 0 Å². The Hall–Kier alpha value is -7.48. The van der Waals surface area contributed by atoms with Gasteiger partial charge in [0, 0.05) is 16.8 Å². The summed E-state index contributed by atoms with van der Waals surface area (Å²) in [6.07, 6.45) is 0. The summed E-state index contributed by atoms with van der Waals surface area (Å²) in [6.45, 7) is 0. The van der Waals surface area contributed by atoms with E-state index in [2.05, 4.69) is 241 Å². The lowest BCUT2D eigenvalue weighted by molar-refractivity contribution is 1.30. The van der Waals surface area contributed by atoms with Gasteiger partial charge >= 0.3 is 0 Å². The largest absolute Gasteiger partial charge is 0.310 e. The molecule has 0 N–H and O–H groups in total. The lowest BCUT2D eigenvalue weighted by Gasteiger charge is -2.28. The van der Waals surface area contributed by atoms with E-state index in [1.165, 1.54) is 77.2 Å². The van der Waals surface area contributed by atoms with Crippen molar-refractivity contribution in [2.75, 3.05) is 4.90 Å². The van der Waals surface area contributed by atoms with Crippen LogP contribution in [0.1, 0.15) is 0 Å². The fourth-order valence-electron chi connectivity index (χ4n) is 8.38. The molecule has 10 rings (SSSR count). The number of hydrogen-bond donors (Lipinski definition) is 0. The van der Waals surface area contributed by atoms with Crippen molar-refractivity contribution < 1.29 is 0 Å². The molecule has 10 aromatic carbocycles. The normalized spacial score (nSPS) is 11.2. The molecule has 1 nitrogen and oxygen atoms in total. The van der Waals surface area contributed by atoms with Gasteiger partial charge < -0.3 is 4.90 Å². The quantitative estimate of drug-likeness (QED) is 0.141. The van der Waals surface area contributed by atoms with E-state index in [9.17, 15) is 0 Å². The van der Waals surface area contributed by atoms with Crippen LogP contribution in [0.2, 0.25) is 0 Å². The molecule has 0 atom stereocenters. The molecule has 0 radical (unpaired) electrons. The van der Waals surface area contributed by atoms with Crippen LogP contribution in [0.5, 0.6) is 0 Å². The predicted octanol–water partition coefficient (Wildman–Crippen LogP) is 15.8. The highest BCUT2D eigenvalue weighted by Crippen LogP contribution is 2.45. The zero-order valence-corrected chi connectivity index (χ0v) is 31.5. The number of nitrogens with zero attached hydrogens (tertiary/aromatic N) is 1. The minimum Gasteiger partial charge on any atom is -0.310 e. The summed E-state index contributed by atoms with van der Waals surface area (Å²) < 4.78 is 0. The molecule has 0 saturated heterocycles. The fraction of sp³-hybridized carbons (Fsp3) is 0. The lowest BCUT2D eigenvalue weighted by Crippen LogP contribution is -2.10. The standard InChI is InChI=1S/C56H39N/c1-3-17-40(18-4-1)41-31-35-45(36-32-41)57(56-39-44-21-7-8-24-49(44)52-27-15-16-30-55(52)56)46-37-33-43(34-38-46)48-23-10-12-26-51(48)54-29-14-13-28-53(54)50-25-11-9-22-47(50)42-19-5-2-6-20-42/h1-39H. The number of benzene rings is 10. The van der Waals surface area contributed by atoms with Gasteiger partial charge in [0.1, 0.15) is 0 Å². The summed E-state index contributed by atoms with van der Waals surface area (Å²) in [5.74, 6) is 0. The first kappa shape index (κ1) is 34.0. The number of rotatable bonds is 8. The maximum absolute atomic E-state index is 2.41. The second-order valence-electron chi connectivity index (χ2n) is 14.5. The first-order chi connectivity index (χ1) is 28.3. The van der Waals surface area contributed by atoms with Crippen molar-refractivity contribution >= 4 is 38.6 Å². The van der Waals surface area contributed by atoms with Crippen molar-refractivity contribution in [2.45, 2.75) is 0 Å². The van der Waals surface area contributed by atoms with Crippen LogP contribution in [-0.4, -0.2) is 0 Å².